The minimum atomic E-state index is 0.168. The van der Waals surface area contributed by atoms with E-state index in [1.54, 1.807) is 7.11 Å². The number of ether oxygens (including phenoxy) is 1. The molecule has 6 nitrogen and oxygen atoms in total. The molecule has 3 aromatic rings. The van der Waals surface area contributed by atoms with Crippen LogP contribution < -0.4 is 9.64 Å². The SMILES string of the molecule is COc1ccc(CC(=O)N2CCCN(c3nc(C)nc(C)c3Cc3ccc(C)cc3)CC2)cc1. The second-order valence-corrected chi connectivity index (χ2v) is 9.07. The molecule has 34 heavy (non-hydrogen) atoms. The highest BCUT2D eigenvalue weighted by Crippen LogP contribution is 2.25. The van der Waals surface area contributed by atoms with E-state index in [2.05, 4.69) is 48.0 Å². The molecule has 0 saturated carbocycles. The fourth-order valence-corrected chi connectivity index (χ4v) is 4.50. The third-order valence-corrected chi connectivity index (χ3v) is 6.47. The maximum atomic E-state index is 13.0. The van der Waals surface area contributed by atoms with E-state index in [9.17, 15) is 4.79 Å². The molecule has 178 valence electrons. The molecular formula is C28H34N4O2. The Hall–Kier alpha value is -3.41. The summed E-state index contributed by atoms with van der Waals surface area (Å²) in [5.74, 6) is 2.77. The van der Waals surface area contributed by atoms with Crippen LogP contribution in [0.5, 0.6) is 5.75 Å². The first kappa shape index (κ1) is 23.7. The molecule has 1 amide bonds. The predicted octanol–water partition coefficient (Wildman–Crippen LogP) is 4.28. The Morgan fingerprint density at radius 3 is 2.29 bits per heavy atom. The lowest BCUT2D eigenvalue weighted by molar-refractivity contribution is -0.130. The number of nitrogens with zero attached hydrogens (tertiary/aromatic N) is 4. The number of aromatic nitrogens is 2. The third kappa shape index (κ3) is 5.74. The summed E-state index contributed by atoms with van der Waals surface area (Å²) < 4.78 is 5.22. The highest BCUT2D eigenvalue weighted by molar-refractivity contribution is 5.79. The molecule has 0 aliphatic carbocycles. The Morgan fingerprint density at radius 1 is 0.882 bits per heavy atom. The number of carbonyl (C=O) groups is 1. The van der Waals surface area contributed by atoms with Crippen LogP contribution in [0.15, 0.2) is 48.5 Å². The van der Waals surface area contributed by atoms with Gasteiger partial charge in [0.25, 0.3) is 0 Å². The summed E-state index contributed by atoms with van der Waals surface area (Å²) in [4.78, 5) is 26.9. The average molecular weight is 459 g/mol. The minimum Gasteiger partial charge on any atom is -0.497 e. The minimum absolute atomic E-state index is 0.168. The highest BCUT2D eigenvalue weighted by Gasteiger charge is 2.23. The van der Waals surface area contributed by atoms with Gasteiger partial charge >= 0.3 is 0 Å². The van der Waals surface area contributed by atoms with E-state index in [0.717, 1.165) is 61.1 Å². The van der Waals surface area contributed by atoms with Crippen LogP contribution in [0.1, 0.15) is 40.2 Å². The van der Waals surface area contributed by atoms with Crippen molar-refractivity contribution in [2.75, 3.05) is 38.2 Å². The molecule has 1 aliphatic rings. The number of amides is 1. The van der Waals surface area contributed by atoms with E-state index in [0.29, 0.717) is 13.0 Å². The standard InChI is InChI=1S/C28H34N4O2/c1-20-6-8-23(9-7-20)18-26-21(2)29-22(3)30-28(26)32-15-5-14-31(16-17-32)27(33)19-24-10-12-25(34-4)13-11-24/h6-13H,5,14-19H2,1-4H3. The smallest absolute Gasteiger partial charge is 0.227 e. The lowest BCUT2D eigenvalue weighted by atomic mass is 10.0. The maximum absolute atomic E-state index is 13.0. The quantitative estimate of drug-likeness (QED) is 0.552. The van der Waals surface area contributed by atoms with Gasteiger partial charge in [-0.3, -0.25) is 4.79 Å². The van der Waals surface area contributed by atoms with Crippen molar-refractivity contribution in [2.45, 2.75) is 40.0 Å². The monoisotopic (exact) mass is 458 g/mol. The summed E-state index contributed by atoms with van der Waals surface area (Å²) in [6.07, 6.45) is 2.13. The first-order chi connectivity index (χ1) is 16.4. The predicted molar refractivity (Wildman–Crippen MR) is 136 cm³/mol. The fraction of sp³-hybridized carbons (Fsp3) is 0.393. The summed E-state index contributed by atoms with van der Waals surface area (Å²) in [6.45, 7) is 9.24. The first-order valence-corrected chi connectivity index (χ1v) is 12.0. The Kier molecular flexibility index (Phi) is 7.46. The molecule has 4 rings (SSSR count). The fourth-order valence-electron chi connectivity index (χ4n) is 4.50. The normalized spacial score (nSPS) is 14.1. The zero-order valence-corrected chi connectivity index (χ0v) is 20.7. The van der Waals surface area contributed by atoms with E-state index >= 15 is 0 Å². The largest absolute Gasteiger partial charge is 0.497 e. The molecule has 0 unspecified atom stereocenters. The summed E-state index contributed by atoms with van der Waals surface area (Å²) in [7, 11) is 1.65. The molecule has 0 spiro atoms. The molecule has 1 saturated heterocycles. The number of aryl methyl sites for hydroxylation is 3. The van der Waals surface area contributed by atoms with Gasteiger partial charge < -0.3 is 14.5 Å². The summed E-state index contributed by atoms with van der Waals surface area (Å²) >= 11 is 0. The van der Waals surface area contributed by atoms with Gasteiger partial charge in [-0.1, -0.05) is 42.0 Å². The van der Waals surface area contributed by atoms with Crippen molar-refractivity contribution in [3.8, 4) is 5.75 Å². The molecule has 0 radical (unpaired) electrons. The van der Waals surface area contributed by atoms with Crippen LogP contribution in [0.2, 0.25) is 0 Å². The van der Waals surface area contributed by atoms with Gasteiger partial charge in [-0.2, -0.15) is 0 Å². The van der Waals surface area contributed by atoms with Crippen LogP contribution in [0.3, 0.4) is 0 Å². The van der Waals surface area contributed by atoms with Crippen molar-refractivity contribution in [3.63, 3.8) is 0 Å². The molecule has 2 heterocycles. The van der Waals surface area contributed by atoms with Crippen LogP contribution in [0, 0.1) is 20.8 Å². The molecular weight excluding hydrogens is 424 g/mol. The third-order valence-electron chi connectivity index (χ3n) is 6.47. The molecule has 2 aromatic carbocycles. The molecule has 1 aromatic heterocycles. The second-order valence-electron chi connectivity index (χ2n) is 9.07. The van der Waals surface area contributed by atoms with Crippen LogP contribution in [-0.2, 0) is 17.6 Å². The van der Waals surface area contributed by atoms with Gasteiger partial charge in [0, 0.05) is 43.9 Å². The van der Waals surface area contributed by atoms with Crippen molar-refractivity contribution in [1.82, 2.24) is 14.9 Å². The number of rotatable bonds is 6. The Bertz CT molecular complexity index is 1130. The molecule has 6 heteroatoms. The van der Waals surface area contributed by atoms with Crippen LogP contribution >= 0.6 is 0 Å². The van der Waals surface area contributed by atoms with Crippen molar-refractivity contribution < 1.29 is 9.53 Å². The first-order valence-electron chi connectivity index (χ1n) is 12.0. The van der Waals surface area contributed by atoms with Crippen LogP contribution in [0.4, 0.5) is 5.82 Å². The van der Waals surface area contributed by atoms with Crippen molar-refractivity contribution >= 4 is 11.7 Å². The number of hydrogen-bond donors (Lipinski definition) is 0. The zero-order chi connectivity index (χ0) is 24.1. The Labute approximate surface area is 202 Å². The molecule has 0 bridgehead atoms. The van der Waals surface area contributed by atoms with Crippen LogP contribution in [0.25, 0.3) is 0 Å². The van der Waals surface area contributed by atoms with Crippen molar-refractivity contribution in [2.24, 2.45) is 0 Å². The number of anilines is 1. The summed E-state index contributed by atoms with van der Waals surface area (Å²) in [5.41, 5.74) is 5.72. The number of hydrogen-bond acceptors (Lipinski definition) is 5. The van der Waals surface area contributed by atoms with Gasteiger partial charge in [0.05, 0.1) is 13.5 Å². The van der Waals surface area contributed by atoms with E-state index in [-0.39, 0.29) is 5.91 Å². The van der Waals surface area contributed by atoms with E-state index in [4.69, 9.17) is 9.72 Å². The average Bonchev–Trinajstić information content (AvgIpc) is 3.09. The van der Waals surface area contributed by atoms with Gasteiger partial charge in [0.2, 0.25) is 5.91 Å². The van der Waals surface area contributed by atoms with Crippen LogP contribution in [-0.4, -0.2) is 54.1 Å². The molecule has 0 atom stereocenters. The van der Waals surface area contributed by atoms with E-state index < -0.39 is 0 Å². The van der Waals surface area contributed by atoms with Gasteiger partial charge in [-0.25, -0.2) is 9.97 Å². The second kappa shape index (κ2) is 10.7. The van der Waals surface area contributed by atoms with Gasteiger partial charge in [-0.05, 0) is 50.5 Å². The molecule has 1 aliphatic heterocycles. The highest BCUT2D eigenvalue weighted by atomic mass is 16.5. The zero-order valence-electron chi connectivity index (χ0n) is 20.7. The van der Waals surface area contributed by atoms with Crippen molar-refractivity contribution in [1.29, 1.82) is 0 Å². The lowest BCUT2D eigenvalue weighted by Crippen LogP contribution is -2.36. The topological polar surface area (TPSA) is 58.6 Å². The van der Waals surface area contributed by atoms with E-state index in [1.807, 2.05) is 36.1 Å². The summed E-state index contributed by atoms with van der Waals surface area (Å²) in [5, 5.41) is 0. The van der Waals surface area contributed by atoms with E-state index in [1.165, 1.54) is 16.7 Å². The molecule has 1 fully saturated rings. The Morgan fingerprint density at radius 2 is 1.59 bits per heavy atom. The maximum Gasteiger partial charge on any atom is 0.227 e. The Balaban J connectivity index is 1.47. The van der Waals surface area contributed by atoms with Gasteiger partial charge in [0.15, 0.2) is 0 Å². The number of methoxy groups -OCH3 is 1. The van der Waals surface area contributed by atoms with Crippen molar-refractivity contribution in [3.05, 3.63) is 82.3 Å². The molecule has 0 N–H and O–H groups in total. The number of benzene rings is 2. The summed E-state index contributed by atoms with van der Waals surface area (Å²) in [6, 6.07) is 16.4. The number of carbonyl (C=O) groups excluding carboxylic acids is 1. The lowest BCUT2D eigenvalue weighted by Gasteiger charge is -2.26. The van der Waals surface area contributed by atoms with Gasteiger partial charge in [0.1, 0.15) is 17.4 Å². The van der Waals surface area contributed by atoms with Gasteiger partial charge in [-0.15, -0.1) is 0 Å².